The van der Waals surface area contributed by atoms with E-state index in [-0.39, 0.29) is 29.2 Å². The van der Waals surface area contributed by atoms with Crippen molar-refractivity contribution in [3.05, 3.63) is 54.0 Å². The molecule has 0 spiro atoms. The molecule has 0 bridgehead atoms. The smallest absolute Gasteiger partial charge is 0.406 e. The number of nitriles is 1. The van der Waals surface area contributed by atoms with Gasteiger partial charge < -0.3 is 14.2 Å². The van der Waals surface area contributed by atoms with Crippen molar-refractivity contribution in [3.63, 3.8) is 0 Å². The first kappa shape index (κ1) is 24.2. The highest BCUT2D eigenvalue weighted by atomic mass is 19.4. The first-order chi connectivity index (χ1) is 17.8. The topological polar surface area (TPSA) is 119 Å². The van der Waals surface area contributed by atoms with Crippen LogP contribution in [0.2, 0.25) is 0 Å². The van der Waals surface area contributed by atoms with Crippen LogP contribution in [-0.4, -0.2) is 49.3 Å². The largest absolute Gasteiger partial charge is 0.573 e. The number of nitrogens with zero attached hydrogens (tertiary/aromatic N) is 8. The standard InChI is InChI=1S/C24H21F3N8O2/c1-15-30-22(23-31-21(33-37-23)18-2-4-19(5-3-18)36-24(25,26)27)32-35(15)14-17-6-9-29-20(12-17)34-10-7-16(13-28)8-11-34/h2-6,9,12,16H,7-8,10-11,14H2,1H3. The molecule has 1 fully saturated rings. The molecule has 4 aromatic rings. The molecule has 0 atom stereocenters. The Kier molecular flexibility index (Phi) is 6.47. The number of ether oxygens (including phenoxy) is 1. The summed E-state index contributed by atoms with van der Waals surface area (Å²) >= 11 is 0. The van der Waals surface area contributed by atoms with Gasteiger partial charge in [-0.05, 0) is 61.7 Å². The maximum absolute atomic E-state index is 12.4. The SMILES string of the molecule is Cc1nc(-c2nc(-c3ccc(OC(F)(F)F)cc3)no2)nn1Cc1ccnc(N2CCC(C#N)CC2)c1. The minimum atomic E-state index is -4.77. The summed E-state index contributed by atoms with van der Waals surface area (Å²) in [5.74, 6) is 1.76. The fourth-order valence-electron chi connectivity index (χ4n) is 4.04. The summed E-state index contributed by atoms with van der Waals surface area (Å²) in [5, 5.41) is 17.5. The minimum absolute atomic E-state index is 0.0863. The highest BCUT2D eigenvalue weighted by Crippen LogP contribution is 2.27. The first-order valence-electron chi connectivity index (χ1n) is 11.5. The maximum Gasteiger partial charge on any atom is 0.573 e. The zero-order valence-corrected chi connectivity index (χ0v) is 19.7. The van der Waals surface area contributed by atoms with Gasteiger partial charge in [-0.15, -0.1) is 18.3 Å². The van der Waals surface area contributed by atoms with Gasteiger partial charge in [0.1, 0.15) is 17.4 Å². The molecule has 4 heterocycles. The van der Waals surface area contributed by atoms with Crippen LogP contribution in [0.3, 0.4) is 0 Å². The molecular formula is C24H21F3N8O2. The normalized spacial score (nSPS) is 14.5. The van der Waals surface area contributed by atoms with Gasteiger partial charge in [0, 0.05) is 30.8 Å². The Morgan fingerprint density at radius 1 is 1.11 bits per heavy atom. The lowest BCUT2D eigenvalue weighted by Gasteiger charge is -2.30. The first-order valence-corrected chi connectivity index (χ1v) is 11.5. The van der Waals surface area contributed by atoms with Crippen molar-refractivity contribution < 1.29 is 22.4 Å². The van der Waals surface area contributed by atoms with Crippen LogP contribution in [0.5, 0.6) is 5.75 Å². The lowest BCUT2D eigenvalue weighted by atomic mass is 9.98. The number of pyridine rings is 1. The number of benzene rings is 1. The Morgan fingerprint density at radius 3 is 2.57 bits per heavy atom. The molecule has 37 heavy (non-hydrogen) atoms. The fourth-order valence-corrected chi connectivity index (χ4v) is 4.04. The quantitative estimate of drug-likeness (QED) is 0.372. The Morgan fingerprint density at radius 2 is 1.86 bits per heavy atom. The van der Waals surface area contributed by atoms with Crippen molar-refractivity contribution >= 4 is 5.82 Å². The van der Waals surface area contributed by atoms with Gasteiger partial charge in [0.2, 0.25) is 11.6 Å². The van der Waals surface area contributed by atoms with Crippen molar-refractivity contribution in [1.29, 1.82) is 5.26 Å². The summed E-state index contributed by atoms with van der Waals surface area (Å²) < 4.78 is 48.0. The summed E-state index contributed by atoms with van der Waals surface area (Å²) in [6.45, 7) is 3.84. The van der Waals surface area contributed by atoms with Gasteiger partial charge in [-0.1, -0.05) is 5.16 Å². The predicted molar refractivity (Wildman–Crippen MR) is 124 cm³/mol. The Balaban J connectivity index is 1.28. The number of piperidine rings is 1. The zero-order valence-electron chi connectivity index (χ0n) is 19.7. The van der Waals surface area contributed by atoms with E-state index in [2.05, 4.69) is 40.9 Å². The molecule has 1 aliphatic rings. The monoisotopic (exact) mass is 510 g/mol. The molecule has 0 radical (unpaired) electrons. The second-order valence-electron chi connectivity index (χ2n) is 8.55. The van der Waals surface area contributed by atoms with Crippen LogP contribution in [-0.2, 0) is 6.54 Å². The van der Waals surface area contributed by atoms with E-state index in [4.69, 9.17) is 9.78 Å². The Bertz CT molecular complexity index is 1420. The lowest BCUT2D eigenvalue weighted by Crippen LogP contribution is -2.33. The van der Waals surface area contributed by atoms with Crippen LogP contribution in [0.25, 0.3) is 23.1 Å². The van der Waals surface area contributed by atoms with Gasteiger partial charge in [0.15, 0.2) is 0 Å². The maximum atomic E-state index is 12.4. The molecule has 190 valence electrons. The number of hydrogen-bond acceptors (Lipinski definition) is 9. The van der Waals surface area contributed by atoms with Gasteiger partial charge in [-0.25, -0.2) is 14.6 Å². The molecule has 0 aliphatic carbocycles. The van der Waals surface area contributed by atoms with Crippen molar-refractivity contribution in [2.75, 3.05) is 18.0 Å². The Hall–Kier alpha value is -4.47. The fraction of sp³-hybridized carbons (Fsp3) is 0.333. The average molecular weight is 510 g/mol. The van der Waals surface area contributed by atoms with Crippen LogP contribution in [0, 0.1) is 24.2 Å². The molecule has 0 unspecified atom stereocenters. The van der Waals surface area contributed by atoms with Gasteiger partial charge >= 0.3 is 6.36 Å². The van der Waals surface area contributed by atoms with E-state index in [1.807, 2.05) is 19.1 Å². The molecule has 0 N–H and O–H groups in total. The van der Waals surface area contributed by atoms with E-state index in [9.17, 15) is 13.2 Å². The van der Waals surface area contributed by atoms with Crippen LogP contribution >= 0.6 is 0 Å². The number of rotatable bonds is 6. The van der Waals surface area contributed by atoms with E-state index in [1.165, 1.54) is 24.3 Å². The van der Waals surface area contributed by atoms with Gasteiger partial charge in [0.05, 0.1) is 12.6 Å². The number of halogens is 3. The van der Waals surface area contributed by atoms with Crippen LogP contribution in [0.4, 0.5) is 19.0 Å². The molecule has 13 heteroatoms. The lowest BCUT2D eigenvalue weighted by molar-refractivity contribution is -0.274. The van der Waals surface area contributed by atoms with Crippen LogP contribution < -0.4 is 9.64 Å². The third kappa shape index (κ3) is 5.69. The average Bonchev–Trinajstić information content (AvgIpc) is 3.51. The van der Waals surface area contributed by atoms with Crippen molar-refractivity contribution in [3.8, 4) is 34.9 Å². The highest BCUT2D eigenvalue weighted by molar-refractivity contribution is 5.57. The summed E-state index contributed by atoms with van der Waals surface area (Å²) in [4.78, 5) is 15.4. The third-order valence-electron chi connectivity index (χ3n) is 5.96. The molecule has 1 aliphatic heterocycles. The van der Waals surface area contributed by atoms with Gasteiger partial charge in [-0.2, -0.15) is 10.2 Å². The van der Waals surface area contributed by atoms with E-state index in [1.54, 1.807) is 10.9 Å². The summed E-state index contributed by atoms with van der Waals surface area (Å²) in [5.41, 5.74) is 1.43. The van der Waals surface area contributed by atoms with E-state index in [0.29, 0.717) is 17.9 Å². The van der Waals surface area contributed by atoms with E-state index in [0.717, 1.165) is 37.3 Å². The third-order valence-corrected chi connectivity index (χ3v) is 5.96. The molecule has 3 aromatic heterocycles. The van der Waals surface area contributed by atoms with Gasteiger partial charge in [0.25, 0.3) is 5.89 Å². The van der Waals surface area contributed by atoms with Crippen molar-refractivity contribution in [2.24, 2.45) is 5.92 Å². The molecule has 1 saturated heterocycles. The number of anilines is 1. The minimum Gasteiger partial charge on any atom is -0.406 e. The second-order valence-corrected chi connectivity index (χ2v) is 8.55. The number of alkyl halides is 3. The van der Waals surface area contributed by atoms with Crippen LogP contribution in [0.1, 0.15) is 24.2 Å². The van der Waals surface area contributed by atoms with E-state index < -0.39 is 6.36 Å². The molecule has 10 nitrogen and oxygen atoms in total. The number of aryl methyl sites for hydroxylation is 1. The van der Waals surface area contributed by atoms with Crippen molar-refractivity contribution in [2.45, 2.75) is 32.7 Å². The molecule has 5 rings (SSSR count). The number of aromatic nitrogens is 6. The zero-order chi connectivity index (χ0) is 26.0. The summed E-state index contributed by atoms with van der Waals surface area (Å²) in [6, 6.07) is 11.4. The second kappa shape index (κ2) is 9.88. The molecular weight excluding hydrogens is 489 g/mol. The summed E-state index contributed by atoms with van der Waals surface area (Å²) in [6.07, 6.45) is -1.36. The van der Waals surface area contributed by atoms with Gasteiger partial charge in [-0.3, -0.25) is 0 Å². The molecule has 0 saturated carbocycles. The molecule has 1 aromatic carbocycles. The van der Waals surface area contributed by atoms with Crippen molar-refractivity contribution in [1.82, 2.24) is 29.9 Å². The Labute approximate surface area is 209 Å². The predicted octanol–water partition coefficient (Wildman–Crippen LogP) is 4.39. The highest BCUT2D eigenvalue weighted by Gasteiger charge is 2.31. The van der Waals surface area contributed by atoms with Crippen LogP contribution in [0.15, 0.2) is 47.1 Å². The van der Waals surface area contributed by atoms with E-state index >= 15 is 0 Å². The number of hydrogen-bond donors (Lipinski definition) is 0. The molecule has 0 amide bonds. The summed E-state index contributed by atoms with van der Waals surface area (Å²) in [7, 11) is 0.